The van der Waals surface area contributed by atoms with Crippen LogP contribution in [0.1, 0.15) is 19.8 Å². The van der Waals surface area contributed by atoms with Crippen molar-refractivity contribution in [2.75, 3.05) is 25.0 Å². The summed E-state index contributed by atoms with van der Waals surface area (Å²) in [6, 6.07) is 5.54. The third-order valence-electron chi connectivity index (χ3n) is 2.51. The van der Waals surface area contributed by atoms with Gasteiger partial charge in [-0.1, -0.05) is 6.92 Å². The molecule has 0 spiro atoms. The van der Waals surface area contributed by atoms with Gasteiger partial charge in [-0.3, -0.25) is 9.59 Å². The van der Waals surface area contributed by atoms with Crippen molar-refractivity contribution < 1.29 is 14.0 Å². The lowest BCUT2D eigenvalue weighted by molar-refractivity contribution is -0.121. The first kappa shape index (κ1) is 16.1. The zero-order valence-electron chi connectivity index (χ0n) is 11.5. The Balaban J connectivity index is 2.14. The number of anilines is 1. The van der Waals surface area contributed by atoms with Crippen LogP contribution in [0.15, 0.2) is 24.3 Å². The molecule has 20 heavy (non-hydrogen) atoms. The van der Waals surface area contributed by atoms with Crippen molar-refractivity contribution in [1.82, 2.24) is 10.6 Å². The smallest absolute Gasteiger partial charge is 0.238 e. The summed E-state index contributed by atoms with van der Waals surface area (Å²) < 4.78 is 12.7. The van der Waals surface area contributed by atoms with Gasteiger partial charge in [0.05, 0.1) is 6.54 Å². The van der Waals surface area contributed by atoms with E-state index in [4.69, 9.17) is 0 Å². The molecule has 0 aromatic heterocycles. The summed E-state index contributed by atoms with van der Waals surface area (Å²) in [6.07, 6.45) is 1.24. The van der Waals surface area contributed by atoms with E-state index in [1.54, 1.807) is 0 Å². The van der Waals surface area contributed by atoms with Crippen molar-refractivity contribution in [3.05, 3.63) is 30.1 Å². The van der Waals surface area contributed by atoms with Crippen LogP contribution in [0.25, 0.3) is 0 Å². The van der Waals surface area contributed by atoms with Crippen molar-refractivity contribution in [1.29, 1.82) is 0 Å². The molecule has 0 aliphatic heterocycles. The van der Waals surface area contributed by atoms with E-state index in [-0.39, 0.29) is 24.2 Å². The lowest BCUT2D eigenvalue weighted by Crippen LogP contribution is -2.32. The summed E-state index contributed by atoms with van der Waals surface area (Å²) in [6.45, 7) is 3.20. The summed E-state index contributed by atoms with van der Waals surface area (Å²) in [5, 5.41) is 8.25. The van der Waals surface area contributed by atoms with E-state index in [0.29, 0.717) is 25.2 Å². The molecule has 0 bridgehead atoms. The highest BCUT2D eigenvalue weighted by Crippen LogP contribution is 2.07. The van der Waals surface area contributed by atoms with Gasteiger partial charge in [-0.05, 0) is 30.7 Å². The number of carbonyl (C=O) groups is 2. The van der Waals surface area contributed by atoms with Gasteiger partial charge >= 0.3 is 0 Å². The third kappa shape index (κ3) is 6.84. The first-order valence-corrected chi connectivity index (χ1v) is 6.64. The first-order chi connectivity index (χ1) is 9.61. The van der Waals surface area contributed by atoms with Gasteiger partial charge in [0.15, 0.2) is 0 Å². The van der Waals surface area contributed by atoms with Crippen molar-refractivity contribution in [3.8, 4) is 0 Å². The molecule has 0 atom stereocenters. The summed E-state index contributed by atoms with van der Waals surface area (Å²) in [7, 11) is 0. The molecule has 0 saturated heterocycles. The molecule has 6 heteroatoms. The number of benzene rings is 1. The maximum atomic E-state index is 12.7. The quantitative estimate of drug-likeness (QED) is 0.628. The van der Waals surface area contributed by atoms with Crippen LogP contribution in [0.3, 0.4) is 0 Å². The highest BCUT2D eigenvalue weighted by Gasteiger charge is 2.03. The molecule has 1 rings (SSSR count). The van der Waals surface area contributed by atoms with Crippen molar-refractivity contribution in [2.24, 2.45) is 0 Å². The van der Waals surface area contributed by atoms with Crippen LogP contribution in [-0.2, 0) is 9.59 Å². The SMILES string of the molecule is CCCNC(=O)CCNCC(=O)Nc1ccc(F)cc1. The topological polar surface area (TPSA) is 70.2 Å². The van der Waals surface area contributed by atoms with Crippen LogP contribution in [0.2, 0.25) is 0 Å². The molecule has 1 aromatic rings. The van der Waals surface area contributed by atoms with Gasteiger partial charge in [-0.2, -0.15) is 0 Å². The molecule has 0 aliphatic carbocycles. The van der Waals surface area contributed by atoms with E-state index in [1.807, 2.05) is 6.92 Å². The second-order valence-electron chi connectivity index (χ2n) is 4.33. The number of hydrogen-bond donors (Lipinski definition) is 3. The normalized spacial score (nSPS) is 10.1. The Morgan fingerprint density at radius 2 is 1.80 bits per heavy atom. The summed E-state index contributed by atoms with van der Waals surface area (Å²) in [4.78, 5) is 22.8. The van der Waals surface area contributed by atoms with E-state index >= 15 is 0 Å². The Hall–Kier alpha value is -1.95. The molecule has 0 fully saturated rings. The zero-order chi connectivity index (χ0) is 14.8. The maximum Gasteiger partial charge on any atom is 0.238 e. The Bertz CT molecular complexity index is 435. The molecular formula is C14H20FN3O2. The highest BCUT2D eigenvalue weighted by atomic mass is 19.1. The van der Waals surface area contributed by atoms with Gasteiger partial charge in [0.2, 0.25) is 11.8 Å². The molecule has 0 heterocycles. The minimum atomic E-state index is -0.348. The van der Waals surface area contributed by atoms with E-state index < -0.39 is 0 Å². The molecule has 110 valence electrons. The average molecular weight is 281 g/mol. The van der Waals surface area contributed by atoms with Gasteiger partial charge in [0.1, 0.15) is 5.82 Å². The van der Waals surface area contributed by atoms with Crippen LogP contribution in [-0.4, -0.2) is 31.4 Å². The predicted octanol–water partition coefficient (Wildman–Crippen LogP) is 1.27. The van der Waals surface area contributed by atoms with Gasteiger partial charge in [-0.15, -0.1) is 0 Å². The van der Waals surface area contributed by atoms with E-state index in [2.05, 4.69) is 16.0 Å². The lowest BCUT2D eigenvalue weighted by atomic mass is 10.3. The maximum absolute atomic E-state index is 12.7. The minimum absolute atomic E-state index is 0.0294. The highest BCUT2D eigenvalue weighted by molar-refractivity contribution is 5.92. The molecule has 3 N–H and O–H groups in total. The van der Waals surface area contributed by atoms with Crippen LogP contribution in [0, 0.1) is 5.82 Å². The second-order valence-corrected chi connectivity index (χ2v) is 4.33. The fourth-order valence-corrected chi connectivity index (χ4v) is 1.50. The fraction of sp³-hybridized carbons (Fsp3) is 0.429. The number of hydrogen-bond acceptors (Lipinski definition) is 3. The first-order valence-electron chi connectivity index (χ1n) is 6.64. The monoisotopic (exact) mass is 281 g/mol. The van der Waals surface area contributed by atoms with E-state index in [9.17, 15) is 14.0 Å². The van der Waals surface area contributed by atoms with Crippen LogP contribution < -0.4 is 16.0 Å². The molecule has 0 saturated carbocycles. The molecule has 0 unspecified atom stereocenters. The summed E-state index contributed by atoms with van der Waals surface area (Å²) in [5.74, 6) is -0.608. The zero-order valence-corrected chi connectivity index (χ0v) is 11.5. The fourth-order valence-electron chi connectivity index (χ4n) is 1.50. The molecule has 5 nitrogen and oxygen atoms in total. The average Bonchev–Trinajstić information content (AvgIpc) is 2.44. The summed E-state index contributed by atoms with van der Waals surface area (Å²) >= 11 is 0. The van der Waals surface area contributed by atoms with Crippen molar-refractivity contribution in [2.45, 2.75) is 19.8 Å². The molecule has 1 aromatic carbocycles. The van der Waals surface area contributed by atoms with E-state index in [1.165, 1.54) is 24.3 Å². The summed E-state index contributed by atoms with van der Waals surface area (Å²) in [5.41, 5.74) is 0.541. The third-order valence-corrected chi connectivity index (χ3v) is 2.51. The minimum Gasteiger partial charge on any atom is -0.356 e. The number of nitrogens with one attached hydrogen (secondary N) is 3. The second kappa shape index (κ2) is 9.03. The number of amides is 2. The van der Waals surface area contributed by atoms with Gasteiger partial charge in [-0.25, -0.2) is 4.39 Å². The number of carbonyl (C=O) groups excluding carboxylic acids is 2. The van der Waals surface area contributed by atoms with Gasteiger partial charge in [0, 0.05) is 25.2 Å². The Morgan fingerprint density at radius 1 is 1.10 bits per heavy atom. The van der Waals surface area contributed by atoms with Gasteiger partial charge in [0.25, 0.3) is 0 Å². The van der Waals surface area contributed by atoms with Crippen LogP contribution in [0.5, 0.6) is 0 Å². The number of halogens is 1. The molecule has 2 amide bonds. The standard InChI is InChI=1S/C14H20FN3O2/c1-2-8-17-13(19)7-9-16-10-14(20)18-12-5-3-11(15)4-6-12/h3-6,16H,2,7-10H2,1H3,(H,17,19)(H,18,20). The van der Waals surface area contributed by atoms with E-state index in [0.717, 1.165) is 6.42 Å². The predicted molar refractivity (Wildman–Crippen MR) is 75.8 cm³/mol. The number of rotatable bonds is 8. The molecular weight excluding hydrogens is 261 g/mol. The lowest BCUT2D eigenvalue weighted by Gasteiger charge is -2.07. The Kier molecular flexibility index (Phi) is 7.27. The largest absolute Gasteiger partial charge is 0.356 e. The van der Waals surface area contributed by atoms with Crippen LogP contribution >= 0.6 is 0 Å². The Morgan fingerprint density at radius 3 is 2.45 bits per heavy atom. The molecule has 0 aliphatic rings. The molecule has 0 radical (unpaired) electrons. The van der Waals surface area contributed by atoms with Gasteiger partial charge < -0.3 is 16.0 Å². The Labute approximate surface area is 117 Å². The van der Waals surface area contributed by atoms with Crippen LogP contribution in [0.4, 0.5) is 10.1 Å². The van der Waals surface area contributed by atoms with Crippen molar-refractivity contribution >= 4 is 17.5 Å². The van der Waals surface area contributed by atoms with Crippen molar-refractivity contribution in [3.63, 3.8) is 0 Å².